The van der Waals surface area contributed by atoms with Gasteiger partial charge < -0.3 is 19.7 Å². The highest BCUT2D eigenvalue weighted by molar-refractivity contribution is 5.80. The third kappa shape index (κ3) is 4.32. The Labute approximate surface area is 163 Å². The third-order valence-electron chi connectivity index (χ3n) is 5.51. The Balaban J connectivity index is 1.63. The molecule has 8 nitrogen and oxygen atoms in total. The van der Waals surface area contributed by atoms with Gasteiger partial charge in [-0.05, 0) is 38.3 Å². The van der Waals surface area contributed by atoms with Crippen LogP contribution in [0.25, 0.3) is 5.65 Å². The minimum Gasteiger partial charge on any atom is -0.481 e. The van der Waals surface area contributed by atoms with E-state index in [1.54, 1.807) is 11.9 Å². The molecule has 3 rings (SSSR count). The summed E-state index contributed by atoms with van der Waals surface area (Å²) in [7, 11) is 1.75. The first-order valence-electron chi connectivity index (χ1n) is 9.49. The van der Waals surface area contributed by atoms with Crippen LogP contribution in [-0.4, -0.2) is 49.8 Å². The maximum absolute atomic E-state index is 12.7. The highest BCUT2D eigenvalue weighted by Crippen LogP contribution is 2.30. The number of carboxylic acid groups (broad SMARTS) is 1. The summed E-state index contributed by atoms with van der Waals surface area (Å²) >= 11 is 0. The van der Waals surface area contributed by atoms with Gasteiger partial charge in [0.2, 0.25) is 11.8 Å². The molecule has 1 aliphatic rings. The minimum absolute atomic E-state index is 0.0225. The van der Waals surface area contributed by atoms with E-state index in [1.165, 1.54) is 0 Å². The Morgan fingerprint density at radius 3 is 2.75 bits per heavy atom. The second-order valence-corrected chi connectivity index (χ2v) is 7.54. The van der Waals surface area contributed by atoms with Gasteiger partial charge in [-0.3, -0.25) is 14.4 Å². The smallest absolute Gasteiger partial charge is 0.303 e. The second-order valence-electron chi connectivity index (χ2n) is 7.54. The number of hydrogen-bond donors (Lipinski definition) is 2. The summed E-state index contributed by atoms with van der Waals surface area (Å²) in [6.07, 6.45) is 3.90. The van der Waals surface area contributed by atoms with Crippen LogP contribution in [0.3, 0.4) is 0 Å². The fraction of sp³-hybridized carbons (Fsp3) is 0.500. The monoisotopic (exact) mass is 386 g/mol. The van der Waals surface area contributed by atoms with Gasteiger partial charge in [0.15, 0.2) is 0 Å². The number of aliphatic carboxylic acids is 1. The molecule has 0 saturated carbocycles. The fourth-order valence-electron chi connectivity index (χ4n) is 3.82. The van der Waals surface area contributed by atoms with Crippen molar-refractivity contribution in [3.05, 3.63) is 35.8 Å². The van der Waals surface area contributed by atoms with Crippen molar-refractivity contribution in [3.8, 4) is 0 Å². The molecule has 2 aromatic heterocycles. The van der Waals surface area contributed by atoms with Crippen LogP contribution in [0.15, 0.2) is 24.4 Å². The van der Waals surface area contributed by atoms with Gasteiger partial charge >= 0.3 is 5.97 Å². The van der Waals surface area contributed by atoms with Crippen molar-refractivity contribution in [3.63, 3.8) is 0 Å². The lowest BCUT2D eigenvalue weighted by atomic mass is 9.86. The van der Waals surface area contributed by atoms with E-state index in [4.69, 9.17) is 5.11 Å². The van der Waals surface area contributed by atoms with Crippen LogP contribution >= 0.6 is 0 Å². The lowest BCUT2D eigenvalue weighted by Crippen LogP contribution is -2.43. The number of aromatic nitrogens is 2. The summed E-state index contributed by atoms with van der Waals surface area (Å²) in [4.78, 5) is 41.5. The van der Waals surface area contributed by atoms with Crippen molar-refractivity contribution < 1.29 is 19.5 Å². The Morgan fingerprint density at radius 1 is 1.32 bits per heavy atom. The lowest BCUT2D eigenvalue weighted by Gasteiger charge is -2.29. The highest BCUT2D eigenvalue weighted by atomic mass is 16.4. The molecule has 28 heavy (non-hydrogen) atoms. The second kappa shape index (κ2) is 8.00. The number of pyridine rings is 1. The first-order valence-corrected chi connectivity index (χ1v) is 9.49. The van der Waals surface area contributed by atoms with Crippen molar-refractivity contribution in [2.75, 3.05) is 7.05 Å². The molecule has 0 radical (unpaired) electrons. The molecule has 2 N–H and O–H groups in total. The molecule has 8 heteroatoms. The summed E-state index contributed by atoms with van der Waals surface area (Å²) in [6, 6.07) is 5.77. The van der Waals surface area contributed by atoms with E-state index in [2.05, 4.69) is 10.3 Å². The SMILES string of the molecule is Cc1nc2ccccn2c1CN(C)C(=O)CC[C@]1(CCC(=O)O)CCC(=O)N1. The van der Waals surface area contributed by atoms with Crippen LogP contribution in [0.1, 0.15) is 49.9 Å². The van der Waals surface area contributed by atoms with Crippen LogP contribution in [-0.2, 0) is 20.9 Å². The van der Waals surface area contributed by atoms with Gasteiger partial charge in [-0.2, -0.15) is 0 Å². The number of nitrogens with one attached hydrogen (secondary N) is 1. The average molecular weight is 386 g/mol. The molecule has 0 bridgehead atoms. The summed E-state index contributed by atoms with van der Waals surface area (Å²) in [6.45, 7) is 2.36. The number of nitrogens with zero attached hydrogens (tertiary/aromatic N) is 3. The maximum atomic E-state index is 12.7. The van der Waals surface area contributed by atoms with Crippen LogP contribution in [0.5, 0.6) is 0 Å². The molecule has 3 heterocycles. The lowest BCUT2D eigenvalue weighted by molar-refractivity contribution is -0.137. The highest BCUT2D eigenvalue weighted by Gasteiger charge is 2.38. The molecule has 1 saturated heterocycles. The van der Waals surface area contributed by atoms with Crippen LogP contribution in [0.2, 0.25) is 0 Å². The molecule has 1 atom stereocenters. The molecule has 0 unspecified atom stereocenters. The predicted octanol–water partition coefficient (Wildman–Crippen LogP) is 1.89. The first-order chi connectivity index (χ1) is 13.3. The van der Waals surface area contributed by atoms with Crippen LogP contribution in [0.4, 0.5) is 0 Å². The zero-order chi connectivity index (χ0) is 20.3. The fourth-order valence-corrected chi connectivity index (χ4v) is 3.82. The van der Waals surface area contributed by atoms with Crippen molar-refractivity contribution in [2.45, 2.75) is 57.5 Å². The number of imidazole rings is 1. The Kier molecular flexibility index (Phi) is 5.67. The molecule has 0 spiro atoms. The molecule has 0 aromatic carbocycles. The molecular weight excluding hydrogens is 360 g/mol. The van der Waals surface area contributed by atoms with E-state index < -0.39 is 11.5 Å². The van der Waals surface area contributed by atoms with Crippen LogP contribution in [0, 0.1) is 6.92 Å². The minimum atomic E-state index is -0.896. The summed E-state index contributed by atoms with van der Waals surface area (Å²) in [5.74, 6) is -1.01. The van der Waals surface area contributed by atoms with Gasteiger partial charge in [0.05, 0.1) is 17.9 Å². The standard InChI is InChI=1S/C20H26N4O4/c1-14-15(24-12-4-3-5-16(24)21-14)13-23(2)18(26)7-10-20(11-8-19(27)28)9-6-17(25)22-20/h3-5,12H,6-11,13H2,1-2H3,(H,22,25)(H,27,28)/t20-/m0/s1. The van der Waals surface area contributed by atoms with E-state index in [-0.39, 0.29) is 24.7 Å². The van der Waals surface area contributed by atoms with Gasteiger partial charge in [0, 0.05) is 38.0 Å². The molecule has 1 fully saturated rings. The van der Waals surface area contributed by atoms with Gasteiger partial charge in [0.1, 0.15) is 5.65 Å². The quantitative estimate of drug-likeness (QED) is 0.721. The molecule has 0 aliphatic carbocycles. The zero-order valence-corrected chi connectivity index (χ0v) is 16.3. The van der Waals surface area contributed by atoms with Crippen molar-refractivity contribution in [1.82, 2.24) is 19.6 Å². The number of carbonyl (C=O) groups is 3. The number of aryl methyl sites for hydroxylation is 1. The summed E-state index contributed by atoms with van der Waals surface area (Å²) in [5.41, 5.74) is 2.09. The number of carboxylic acids is 1. The Morgan fingerprint density at radius 2 is 2.07 bits per heavy atom. The number of amides is 2. The number of hydrogen-bond acceptors (Lipinski definition) is 4. The third-order valence-corrected chi connectivity index (χ3v) is 5.51. The molecular formula is C20H26N4O4. The molecule has 2 amide bonds. The number of carbonyl (C=O) groups excluding carboxylic acids is 2. The van der Waals surface area contributed by atoms with Crippen molar-refractivity contribution >= 4 is 23.4 Å². The van der Waals surface area contributed by atoms with E-state index in [0.29, 0.717) is 32.2 Å². The summed E-state index contributed by atoms with van der Waals surface area (Å²) < 4.78 is 1.98. The normalized spacial score (nSPS) is 19.0. The first kappa shape index (κ1) is 19.9. The Hall–Kier alpha value is -2.90. The van der Waals surface area contributed by atoms with E-state index in [1.807, 2.05) is 35.7 Å². The Bertz CT molecular complexity index is 907. The van der Waals surface area contributed by atoms with Crippen molar-refractivity contribution in [1.29, 1.82) is 0 Å². The topological polar surface area (TPSA) is 104 Å². The number of rotatable bonds is 8. The largest absolute Gasteiger partial charge is 0.481 e. The van der Waals surface area contributed by atoms with Gasteiger partial charge in [-0.1, -0.05) is 6.07 Å². The van der Waals surface area contributed by atoms with Gasteiger partial charge in [0.25, 0.3) is 0 Å². The van der Waals surface area contributed by atoms with Crippen LogP contribution < -0.4 is 5.32 Å². The number of fused-ring (bicyclic) bond motifs is 1. The zero-order valence-electron chi connectivity index (χ0n) is 16.3. The van der Waals surface area contributed by atoms with E-state index in [9.17, 15) is 14.4 Å². The van der Waals surface area contributed by atoms with Crippen molar-refractivity contribution in [2.24, 2.45) is 0 Å². The maximum Gasteiger partial charge on any atom is 0.303 e. The van der Waals surface area contributed by atoms with Gasteiger partial charge in [-0.25, -0.2) is 4.98 Å². The van der Waals surface area contributed by atoms with E-state index in [0.717, 1.165) is 17.0 Å². The average Bonchev–Trinajstić information content (AvgIpc) is 3.18. The molecule has 150 valence electrons. The molecule has 2 aromatic rings. The summed E-state index contributed by atoms with van der Waals surface area (Å²) in [5, 5.41) is 11.9. The van der Waals surface area contributed by atoms with Gasteiger partial charge in [-0.15, -0.1) is 0 Å². The predicted molar refractivity (Wildman–Crippen MR) is 103 cm³/mol. The molecule has 1 aliphatic heterocycles. The van der Waals surface area contributed by atoms with E-state index >= 15 is 0 Å².